The van der Waals surface area contributed by atoms with Crippen molar-refractivity contribution >= 4 is 11.5 Å². The molecule has 0 radical (unpaired) electrons. The maximum atomic E-state index is 9.46. The van der Waals surface area contributed by atoms with Crippen molar-refractivity contribution in [2.75, 3.05) is 11.9 Å². The normalized spacial score (nSPS) is 11.7. The summed E-state index contributed by atoms with van der Waals surface area (Å²) in [5.41, 5.74) is 2.18. The topological polar surface area (TPSA) is 60.1 Å². The molecule has 1 unspecified atom stereocenters. The molecule has 1 atom stereocenters. The van der Waals surface area contributed by atoms with Crippen LogP contribution in [0.5, 0.6) is 0 Å². The van der Waals surface area contributed by atoms with Gasteiger partial charge in [0, 0.05) is 13.2 Å². The summed E-state index contributed by atoms with van der Waals surface area (Å²) in [6.45, 7) is 1.70. The number of para-hydroxylation sites is 1. The molecular weight excluding hydrogens is 238 g/mol. The van der Waals surface area contributed by atoms with Crippen molar-refractivity contribution < 1.29 is 5.11 Å². The summed E-state index contributed by atoms with van der Waals surface area (Å²) >= 11 is 0. The van der Waals surface area contributed by atoms with Gasteiger partial charge in [-0.3, -0.25) is 0 Å². The fourth-order valence-electron chi connectivity index (χ4n) is 1.83. The maximum absolute atomic E-state index is 9.46. The lowest BCUT2D eigenvalue weighted by atomic mass is 10.1. The van der Waals surface area contributed by atoms with Crippen molar-refractivity contribution in [1.29, 1.82) is 5.26 Å². The van der Waals surface area contributed by atoms with Crippen LogP contribution in [-0.2, 0) is 0 Å². The van der Waals surface area contributed by atoms with E-state index in [4.69, 9.17) is 5.26 Å². The van der Waals surface area contributed by atoms with Crippen molar-refractivity contribution in [3.05, 3.63) is 53.7 Å². The molecule has 2 rings (SSSR count). The van der Waals surface area contributed by atoms with E-state index in [1.807, 2.05) is 42.3 Å². The average molecular weight is 253 g/mol. The van der Waals surface area contributed by atoms with Gasteiger partial charge in [-0.05, 0) is 30.7 Å². The molecule has 0 aliphatic heterocycles. The van der Waals surface area contributed by atoms with E-state index in [9.17, 15) is 5.11 Å². The van der Waals surface area contributed by atoms with Crippen molar-refractivity contribution in [1.82, 2.24) is 4.98 Å². The number of nitrogens with zero attached hydrogens (tertiary/aromatic N) is 3. The molecule has 0 bridgehead atoms. The van der Waals surface area contributed by atoms with Gasteiger partial charge in [0.25, 0.3) is 0 Å². The van der Waals surface area contributed by atoms with Gasteiger partial charge in [0.2, 0.25) is 0 Å². The molecule has 0 amide bonds. The van der Waals surface area contributed by atoms with Gasteiger partial charge < -0.3 is 10.0 Å². The van der Waals surface area contributed by atoms with Gasteiger partial charge in [0.05, 0.1) is 17.4 Å². The summed E-state index contributed by atoms with van der Waals surface area (Å²) in [4.78, 5) is 6.16. The molecular formula is C15H15N3O. The van der Waals surface area contributed by atoms with Gasteiger partial charge in [-0.25, -0.2) is 4.98 Å². The number of benzene rings is 1. The Balaban J connectivity index is 2.34. The largest absolute Gasteiger partial charge is 0.389 e. The Bertz CT molecular complexity index is 600. The second-order valence-corrected chi connectivity index (χ2v) is 4.31. The minimum Gasteiger partial charge on any atom is -0.389 e. The Morgan fingerprint density at radius 1 is 1.26 bits per heavy atom. The third-order valence-corrected chi connectivity index (χ3v) is 2.98. The van der Waals surface area contributed by atoms with Gasteiger partial charge >= 0.3 is 0 Å². The molecule has 0 aliphatic rings. The Morgan fingerprint density at radius 2 is 2.00 bits per heavy atom. The highest BCUT2D eigenvalue weighted by Crippen LogP contribution is 2.25. The van der Waals surface area contributed by atoms with Crippen LogP contribution < -0.4 is 4.90 Å². The van der Waals surface area contributed by atoms with Crippen molar-refractivity contribution in [3.63, 3.8) is 0 Å². The summed E-state index contributed by atoms with van der Waals surface area (Å²) in [5.74, 6) is 0.729. The molecule has 1 aromatic carbocycles. The van der Waals surface area contributed by atoms with Crippen LogP contribution in [0.15, 0.2) is 42.6 Å². The van der Waals surface area contributed by atoms with Crippen molar-refractivity contribution in [2.45, 2.75) is 13.0 Å². The SMILES string of the molecule is CC(O)c1ccc(N(C)c2ccccc2C#N)nc1. The Kier molecular flexibility index (Phi) is 3.79. The molecule has 0 aliphatic carbocycles. The van der Waals surface area contributed by atoms with Crippen molar-refractivity contribution in [3.8, 4) is 6.07 Å². The molecule has 0 saturated carbocycles. The summed E-state index contributed by atoms with van der Waals surface area (Å²) in [6.07, 6.45) is 1.11. The van der Waals surface area contributed by atoms with Crippen LogP contribution in [-0.4, -0.2) is 17.1 Å². The van der Waals surface area contributed by atoms with Gasteiger partial charge in [-0.2, -0.15) is 5.26 Å². The number of pyridine rings is 1. The van der Waals surface area contributed by atoms with Gasteiger partial charge in [-0.15, -0.1) is 0 Å². The van der Waals surface area contributed by atoms with Crippen LogP contribution in [0.4, 0.5) is 11.5 Å². The summed E-state index contributed by atoms with van der Waals surface area (Å²) < 4.78 is 0. The predicted octanol–water partition coefficient (Wildman–Crippen LogP) is 2.77. The zero-order valence-corrected chi connectivity index (χ0v) is 10.9. The Morgan fingerprint density at radius 3 is 2.58 bits per heavy atom. The smallest absolute Gasteiger partial charge is 0.132 e. The molecule has 19 heavy (non-hydrogen) atoms. The monoisotopic (exact) mass is 253 g/mol. The molecule has 0 spiro atoms. The number of aliphatic hydroxyl groups excluding tert-OH is 1. The summed E-state index contributed by atoms with van der Waals surface area (Å²) in [6, 6.07) is 13.2. The van der Waals surface area contributed by atoms with Crippen LogP contribution in [0.2, 0.25) is 0 Å². The standard InChI is InChI=1S/C15H15N3O/c1-11(19)13-7-8-15(17-10-13)18(2)14-6-4-3-5-12(14)9-16/h3-8,10-11,19H,1-2H3. The highest BCUT2D eigenvalue weighted by molar-refractivity contribution is 5.66. The maximum Gasteiger partial charge on any atom is 0.132 e. The first-order chi connectivity index (χ1) is 9.13. The number of aromatic nitrogens is 1. The molecule has 2 aromatic rings. The van der Waals surface area contributed by atoms with Crippen molar-refractivity contribution in [2.24, 2.45) is 0 Å². The van der Waals surface area contributed by atoms with E-state index in [0.717, 1.165) is 17.1 Å². The predicted molar refractivity (Wildman–Crippen MR) is 74.1 cm³/mol. The van der Waals surface area contributed by atoms with Gasteiger partial charge in [0.1, 0.15) is 11.9 Å². The third kappa shape index (κ3) is 2.72. The molecule has 4 nitrogen and oxygen atoms in total. The number of anilines is 2. The number of nitriles is 1. The Labute approximate surface area is 112 Å². The quantitative estimate of drug-likeness (QED) is 0.913. The number of hydrogen-bond acceptors (Lipinski definition) is 4. The minimum absolute atomic E-state index is 0.529. The van der Waals surface area contributed by atoms with E-state index in [2.05, 4.69) is 11.1 Å². The third-order valence-electron chi connectivity index (χ3n) is 2.98. The molecule has 0 fully saturated rings. The summed E-state index contributed by atoms with van der Waals surface area (Å²) in [7, 11) is 1.86. The summed E-state index contributed by atoms with van der Waals surface area (Å²) in [5, 5.41) is 18.6. The lowest BCUT2D eigenvalue weighted by molar-refractivity contribution is 0.199. The molecule has 1 N–H and O–H groups in total. The van der Waals surface area contributed by atoms with Crippen LogP contribution >= 0.6 is 0 Å². The first kappa shape index (κ1) is 13.1. The van der Waals surface area contributed by atoms with E-state index in [1.54, 1.807) is 19.2 Å². The fourth-order valence-corrected chi connectivity index (χ4v) is 1.83. The second-order valence-electron chi connectivity index (χ2n) is 4.31. The second kappa shape index (κ2) is 5.51. The van der Waals surface area contributed by atoms with E-state index in [0.29, 0.717) is 5.56 Å². The first-order valence-electron chi connectivity index (χ1n) is 6.00. The van der Waals surface area contributed by atoms with Crippen LogP contribution in [0, 0.1) is 11.3 Å². The average Bonchev–Trinajstić information content (AvgIpc) is 2.46. The number of hydrogen-bond donors (Lipinski definition) is 1. The van der Waals surface area contributed by atoms with E-state index < -0.39 is 6.10 Å². The van der Waals surface area contributed by atoms with Gasteiger partial charge in [-0.1, -0.05) is 18.2 Å². The molecule has 1 aromatic heterocycles. The highest BCUT2D eigenvalue weighted by Gasteiger charge is 2.10. The first-order valence-corrected chi connectivity index (χ1v) is 6.00. The van der Waals surface area contributed by atoms with Crippen LogP contribution in [0.3, 0.4) is 0 Å². The fraction of sp³-hybridized carbons (Fsp3) is 0.200. The lowest BCUT2D eigenvalue weighted by Gasteiger charge is -2.19. The molecule has 0 saturated heterocycles. The molecule has 1 heterocycles. The molecule has 4 heteroatoms. The minimum atomic E-state index is -0.529. The number of rotatable bonds is 3. The zero-order valence-electron chi connectivity index (χ0n) is 10.9. The van der Waals surface area contributed by atoms with E-state index in [-0.39, 0.29) is 0 Å². The van der Waals surface area contributed by atoms with E-state index in [1.165, 1.54) is 0 Å². The van der Waals surface area contributed by atoms with Gasteiger partial charge in [0.15, 0.2) is 0 Å². The Hall–Kier alpha value is -2.38. The lowest BCUT2D eigenvalue weighted by Crippen LogP contribution is -2.12. The van der Waals surface area contributed by atoms with E-state index >= 15 is 0 Å². The van der Waals surface area contributed by atoms with Crippen LogP contribution in [0.1, 0.15) is 24.2 Å². The van der Waals surface area contributed by atoms with Crippen LogP contribution in [0.25, 0.3) is 0 Å². The zero-order chi connectivity index (χ0) is 13.8. The number of aliphatic hydroxyl groups is 1. The molecule has 96 valence electrons. The highest BCUT2D eigenvalue weighted by atomic mass is 16.3.